The van der Waals surface area contributed by atoms with Crippen LogP contribution in [0.15, 0.2) is 222 Å². The van der Waals surface area contributed by atoms with Gasteiger partial charge in [-0.15, -0.1) is 0 Å². The Labute approximate surface area is 321 Å². The predicted octanol–water partition coefficient (Wildman–Crippen LogP) is 14.8. The minimum atomic E-state index is 0.796. The van der Waals surface area contributed by atoms with Gasteiger partial charge in [0.25, 0.3) is 0 Å². The Morgan fingerprint density at radius 1 is 0.400 bits per heavy atom. The Morgan fingerprint density at radius 3 is 1.69 bits per heavy atom. The topological polar surface area (TPSA) is 16.4 Å². The molecular weight excluding hydrogens is 667 g/mol. The van der Waals surface area contributed by atoms with Crippen molar-refractivity contribution >= 4 is 49.7 Å². The maximum Gasteiger partial charge on any atom is 0.142 e. The second kappa shape index (κ2) is 14.0. The van der Waals surface area contributed by atoms with E-state index >= 15 is 0 Å². The van der Waals surface area contributed by atoms with E-state index in [4.69, 9.17) is 4.42 Å². The molecule has 260 valence electrons. The number of rotatable bonds is 7. The standard InChI is InChI=1S/C53H37NO/c1-2-11-37(12-3-1)39-27-32-45(33-28-39)54(44-16-8-14-42(31-36-44)49-20-10-21-51-50-18-6-7-22-52(50)55-53(49)51)46-34-29-40(30-35-46)38-23-25-43(26-24-38)48-19-9-15-41-13-4-5-17-47(41)48/h1-13,15-36H,14H2. The second-order valence-electron chi connectivity index (χ2n) is 14.1. The van der Waals surface area contributed by atoms with E-state index in [0.29, 0.717) is 0 Å². The lowest BCUT2D eigenvalue weighted by Crippen LogP contribution is -2.15. The average molecular weight is 704 g/mol. The fourth-order valence-electron chi connectivity index (χ4n) is 7.97. The van der Waals surface area contributed by atoms with Crippen LogP contribution in [0.25, 0.3) is 71.7 Å². The summed E-state index contributed by atoms with van der Waals surface area (Å²) in [6.07, 6.45) is 9.81. The van der Waals surface area contributed by atoms with Gasteiger partial charge in [-0.05, 0) is 98.6 Å². The van der Waals surface area contributed by atoms with Crippen LogP contribution in [0.4, 0.5) is 11.4 Å². The van der Waals surface area contributed by atoms with Crippen molar-refractivity contribution in [2.75, 3.05) is 4.90 Å². The molecule has 10 rings (SSSR count). The van der Waals surface area contributed by atoms with Gasteiger partial charge in [0.05, 0.1) is 0 Å². The van der Waals surface area contributed by atoms with Crippen LogP contribution in [0.3, 0.4) is 0 Å². The third kappa shape index (κ3) is 6.14. The molecule has 55 heavy (non-hydrogen) atoms. The van der Waals surface area contributed by atoms with Gasteiger partial charge in [-0.3, -0.25) is 0 Å². The van der Waals surface area contributed by atoms with Gasteiger partial charge in [-0.1, -0.05) is 170 Å². The van der Waals surface area contributed by atoms with E-state index < -0.39 is 0 Å². The van der Waals surface area contributed by atoms with Gasteiger partial charge in [-0.25, -0.2) is 0 Å². The summed E-state index contributed by atoms with van der Waals surface area (Å²) in [6.45, 7) is 0. The van der Waals surface area contributed by atoms with Gasteiger partial charge in [-0.2, -0.15) is 0 Å². The van der Waals surface area contributed by atoms with Crippen molar-refractivity contribution in [2.24, 2.45) is 0 Å². The van der Waals surface area contributed by atoms with Gasteiger partial charge in [0, 0.05) is 33.4 Å². The highest BCUT2D eigenvalue weighted by Crippen LogP contribution is 2.38. The van der Waals surface area contributed by atoms with Crippen LogP contribution >= 0.6 is 0 Å². The number of anilines is 2. The van der Waals surface area contributed by atoms with Crippen molar-refractivity contribution in [3.8, 4) is 33.4 Å². The summed E-state index contributed by atoms with van der Waals surface area (Å²) in [4.78, 5) is 2.35. The maximum absolute atomic E-state index is 6.44. The van der Waals surface area contributed by atoms with Crippen molar-refractivity contribution in [1.82, 2.24) is 0 Å². The Balaban J connectivity index is 1.01. The van der Waals surface area contributed by atoms with Crippen LogP contribution in [0.5, 0.6) is 0 Å². The minimum absolute atomic E-state index is 0.796. The molecule has 0 saturated carbocycles. The van der Waals surface area contributed by atoms with Crippen molar-refractivity contribution in [3.05, 3.63) is 224 Å². The first kappa shape index (κ1) is 32.5. The molecule has 0 saturated heterocycles. The molecule has 0 fully saturated rings. The Morgan fingerprint density at radius 2 is 0.945 bits per heavy atom. The maximum atomic E-state index is 6.44. The molecule has 9 aromatic rings. The monoisotopic (exact) mass is 703 g/mol. The van der Waals surface area contributed by atoms with Crippen LogP contribution in [-0.4, -0.2) is 0 Å². The Kier molecular flexibility index (Phi) is 8.27. The molecule has 1 aliphatic carbocycles. The zero-order chi connectivity index (χ0) is 36.6. The lowest BCUT2D eigenvalue weighted by atomic mass is 9.96. The number of hydrogen-bond donors (Lipinski definition) is 0. The molecule has 0 unspecified atom stereocenters. The van der Waals surface area contributed by atoms with E-state index in [0.717, 1.165) is 51.0 Å². The van der Waals surface area contributed by atoms with Gasteiger partial charge in [0.2, 0.25) is 0 Å². The van der Waals surface area contributed by atoms with Crippen molar-refractivity contribution in [3.63, 3.8) is 0 Å². The summed E-state index contributed by atoms with van der Waals surface area (Å²) in [5.74, 6) is 0. The smallest absolute Gasteiger partial charge is 0.142 e. The molecule has 0 amide bonds. The van der Waals surface area contributed by atoms with Gasteiger partial charge >= 0.3 is 0 Å². The highest BCUT2D eigenvalue weighted by molar-refractivity contribution is 6.08. The first-order valence-corrected chi connectivity index (χ1v) is 18.9. The Hall–Kier alpha value is -7.16. The first-order valence-electron chi connectivity index (χ1n) is 18.9. The molecule has 0 bridgehead atoms. The largest absolute Gasteiger partial charge is 0.455 e. The number of hydrogen-bond acceptors (Lipinski definition) is 2. The van der Waals surface area contributed by atoms with Crippen molar-refractivity contribution in [1.29, 1.82) is 0 Å². The lowest BCUT2D eigenvalue weighted by Gasteiger charge is -2.26. The lowest BCUT2D eigenvalue weighted by molar-refractivity contribution is 0.667. The number of benzene rings is 8. The van der Waals surface area contributed by atoms with E-state index in [-0.39, 0.29) is 0 Å². The molecule has 2 heteroatoms. The summed E-state index contributed by atoms with van der Waals surface area (Å²) in [6, 6.07) is 67.2. The van der Waals surface area contributed by atoms with Crippen LogP contribution in [0, 0.1) is 0 Å². The van der Waals surface area contributed by atoms with Gasteiger partial charge in [0.1, 0.15) is 11.2 Å². The van der Waals surface area contributed by atoms with Crippen molar-refractivity contribution in [2.45, 2.75) is 6.42 Å². The average Bonchev–Trinajstić information content (AvgIpc) is 3.48. The SMILES string of the molecule is C1=CC(N(c2ccc(-c3ccccc3)cc2)c2ccc(-c3ccc(-c4cccc5ccccc45)cc3)cc2)=CC=C(c2cccc3c2oc2ccccc23)C1. The van der Waals surface area contributed by atoms with Crippen molar-refractivity contribution < 1.29 is 4.42 Å². The molecule has 0 atom stereocenters. The minimum Gasteiger partial charge on any atom is -0.455 e. The third-order valence-corrected chi connectivity index (χ3v) is 10.8. The number of furan rings is 1. The molecule has 0 aliphatic heterocycles. The van der Waals surface area contributed by atoms with Crippen LogP contribution < -0.4 is 4.90 Å². The van der Waals surface area contributed by atoms with Crippen LogP contribution in [0.1, 0.15) is 12.0 Å². The van der Waals surface area contributed by atoms with E-state index in [2.05, 4.69) is 205 Å². The zero-order valence-electron chi connectivity index (χ0n) is 30.3. The van der Waals surface area contributed by atoms with E-state index in [1.165, 1.54) is 49.7 Å². The van der Waals surface area contributed by atoms with Gasteiger partial charge in [0.15, 0.2) is 0 Å². The summed E-state index contributed by atoms with van der Waals surface area (Å²) in [7, 11) is 0. The zero-order valence-corrected chi connectivity index (χ0v) is 30.3. The molecule has 0 radical (unpaired) electrons. The summed E-state index contributed by atoms with van der Waals surface area (Å²) in [5.41, 5.74) is 14.7. The number of para-hydroxylation sites is 2. The Bertz CT molecular complexity index is 2900. The molecular formula is C53H37NO. The van der Waals surface area contributed by atoms with Crippen LogP contribution in [-0.2, 0) is 0 Å². The molecule has 8 aromatic carbocycles. The number of nitrogens with zero attached hydrogens (tertiary/aromatic N) is 1. The highest BCUT2D eigenvalue weighted by atomic mass is 16.3. The molecule has 1 aromatic heterocycles. The molecule has 2 nitrogen and oxygen atoms in total. The fourth-order valence-corrected chi connectivity index (χ4v) is 7.97. The van der Waals surface area contributed by atoms with E-state index in [9.17, 15) is 0 Å². The molecule has 1 heterocycles. The quantitative estimate of drug-likeness (QED) is 0.164. The van der Waals surface area contributed by atoms with Crippen LogP contribution in [0.2, 0.25) is 0 Å². The molecule has 1 aliphatic rings. The normalized spacial score (nSPS) is 12.8. The molecule has 0 spiro atoms. The van der Waals surface area contributed by atoms with Gasteiger partial charge < -0.3 is 9.32 Å². The fraction of sp³-hybridized carbons (Fsp3) is 0.0189. The highest BCUT2D eigenvalue weighted by Gasteiger charge is 2.17. The van der Waals surface area contributed by atoms with E-state index in [1.807, 2.05) is 12.1 Å². The summed E-state index contributed by atoms with van der Waals surface area (Å²) < 4.78 is 6.44. The first-order chi connectivity index (χ1) is 27.3. The number of allylic oxidation sites excluding steroid dienone is 5. The third-order valence-electron chi connectivity index (χ3n) is 10.8. The predicted molar refractivity (Wildman–Crippen MR) is 232 cm³/mol. The number of fused-ring (bicyclic) bond motifs is 4. The second-order valence-corrected chi connectivity index (χ2v) is 14.1. The molecule has 0 N–H and O–H groups in total. The summed E-state index contributed by atoms with van der Waals surface area (Å²) >= 11 is 0. The summed E-state index contributed by atoms with van der Waals surface area (Å²) in [5, 5.41) is 4.83. The van der Waals surface area contributed by atoms with E-state index in [1.54, 1.807) is 0 Å².